The first kappa shape index (κ1) is 20.6. The fourth-order valence-electron chi connectivity index (χ4n) is 4.47. The van der Waals surface area contributed by atoms with Gasteiger partial charge in [0.25, 0.3) is 0 Å². The number of hydrogen-bond acceptors (Lipinski definition) is 2. The van der Waals surface area contributed by atoms with Gasteiger partial charge in [-0.15, -0.1) is 0 Å². The zero-order valence-corrected chi connectivity index (χ0v) is 19.0. The predicted octanol–water partition coefficient (Wildman–Crippen LogP) is 6.37. The Labute approximate surface area is 167 Å². The molecule has 2 aliphatic carbocycles. The normalized spacial score (nSPS) is 22.8. The predicted molar refractivity (Wildman–Crippen MR) is 117 cm³/mol. The number of hydrogen-bond donors (Lipinski definition) is 0. The van der Waals surface area contributed by atoms with E-state index in [0.717, 1.165) is 36.3 Å². The van der Waals surface area contributed by atoms with Crippen molar-refractivity contribution in [3.05, 3.63) is 29.3 Å². The van der Waals surface area contributed by atoms with Crippen molar-refractivity contribution in [2.75, 3.05) is 6.23 Å². The maximum atomic E-state index is 13.0. The molecule has 2 unspecified atom stereocenters. The van der Waals surface area contributed by atoms with E-state index in [1.54, 1.807) is 0 Å². The molecule has 0 aromatic heterocycles. The maximum Gasteiger partial charge on any atom is 0.166 e. The lowest BCUT2D eigenvalue weighted by Gasteiger charge is -2.25. The van der Waals surface area contributed by atoms with E-state index >= 15 is 0 Å². The highest BCUT2D eigenvalue weighted by Gasteiger charge is 2.32. The minimum Gasteiger partial charge on any atom is -0.498 e. The van der Waals surface area contributed by atoms with Crippen molar-refractivity contribution in [2.24, 2.45) is 11.8 Å². The molecule has 0 bridgehead atoms. The van der Waals surface area contributed by atoms with Gasteiger partial charge >= 0.3 is 0 Å². The summed E-state index contributed by atoms with van der Waals surface area (Å²) in [5, 5.41) is 0.370. The van der Waals surface area contributed by atoms with Crippen molar-refractivity contribution in [3.8, 4) is 5.75 Å². The van der Waals surface area contributed by atoms with Gasteiger partial charge in [0.1, 0.15) is 5.75 Å². The number of carbonyl (C=O) groups excluding carboxylic acids is 1. The van der Waals surface area contributed by atoms with Gasteiger partial charge in [-0.2, -0.15) is 0 Å². The van der Waals surface area contributed by atoms with E-state index < -0.39 is 8.80 Å². The number of fused-ring (bicyclic) bond motifs is 1. The van der Waals surface area contributed by atoms with Crippen LogP contribution >= 0.6 is 0 Å². The second kappa shape index (κ2) is 8.94. The summed E-state index contributed by atoms with van der Waals surface area (Å²) >= 11 is 0. The Balaban J connectivity index is 1.60. The third kappa shape index (κ3) is 5.46. The molecule has 0 radical (unpaired) electrons. The first-order valence-electron chi connectivity index (χ1n) is 11.1. The lowest BCUT2D eigenvalue weighted by Crippen LogP contribution is -2.29. The summed E-state index contributed by atoms with van der Waals surface area (Å²) in [5.74, 6) is 2.22. The van der Waals surface area contributed by atoms with Crippen LogP contribution in [-0.2, 0) is 6.42 Å². The summed E-state index contributed by atoms with van der Waals surface area (Å²) in [6, 6.07) is 6.25. The van der Waals surface area contributed by atoms with Gasteiger partial charge in [-0.3, -0.25) is 4.79 Å². The fraction of sp³-hybridized carbons (Fsp3) is 0.708. The van der Waals surface area contributed by atoms with Gasteiger partial charge in [0, 0.05) is 11.5 Å². The topological polar surface area (TPSA) is 26.3 Å². The van der Waals surface area contributed by atoms with Crippen LogP contribution < -0.4 is 4.74 Å². The summed E-state index contributed by atoms with van der Waals surface area (Å²) in [6.07, 6.45) is 12.4. The SMILES string of the molecule is C[SiH](COc1ccc2c(c1)C(=O)C(CC1CCCCCCC1)C2)C(C)(C)C. The van der Waals surface area contributed by atoms with E-state index in [4.69, 9.17) is 4.74 Å². The van der Waals surface area contributed by atoms with Gasteiger partial charge in [0.2, 0.25) is 0 Å². The third-order valence-electron chi connectivity index (χ3n) is 7.00. The van der Waals surface area contributed by atoms with Crippen molar-refractivity contribution < 1.29 is 9.53 Å². The molecule has 3 heteroatoms. The van der Waals surface area contributed by atoms with Crippen molar-refractivity contribution in [2.45, 2.75) is 90.1 Å². The summed E-state index contributed by atoms with van der Waals surface area (Å²) < 4.78 is 6.09. The molecule has 0 heterocycles. The molecule has 2 atom stereocenters. The van der Waals surface area contributed by atoms with Crippen LogP contribution in [0.15, 0.2) is 18.2 Å². The number of ether oxygens (including phenoxy) is 1. The average Bonchev–Trinajstić information content (AvgIpc) is 2.90. The van der Waals surface area contributed by atoms with E-state index in [9.17, 15) is 4.79 Å². The molecule has 1 saturated carbocycles. The van der Waals surface area contributed by atoms with Gasteiger partial charge in [-0.05, 0) is 41.5 Å². The molecule has 0 aliphatic heterocycles. The molecular weight excluding hydrogens is 348 g/mol. The summed E-state index contributed by atoms with van der Waals surface area (Å²) in [5.41, 5.74) is 2.18. The summed E-state index contributed by atoms with van der Waals surface area (Å²) in [7, 11) is -0.950. The number of ketones is 1. The zero-order chi connectivity index (χ0) is 19.4. The van der Waals surface area contributed by atoms with E-state index in [1.807, 2.05) is 6.07 Å². The molecule has 1 fully saturated rings. The molecule has 0 amide bonds. The smallest absolute Gasteiger partial charge is 0.166 e. The molecular formula is C24H38O2Si. The molecule has 0 saturated heterocycles. The highest BCUT2D eigenvalue weighted by atomic mass is 28.3. The number of rotatable bonds is 5. The van der Waals surface area contributed by atoms with Gasteiger partial charge in [0.15, 0.2) is 5.78 Å². The molecule has 3 rings (SSSR count). The highest BCUT2D eigenvalue weighted by molar-refractivity contribution is 6.60. The van der Waals surface area contributed by atoms with Crippen LogP contribution in [-0.4, -0.2) is 20.8 Å². The molecule has 150 valence electrons. The second-order valence-corrected chi connectivity index (χ2v) is 14.0. The van der Waals surface area contributed by atoms with E-state index in [2.05, 4.69) is 39.5 Å². The van der Waals surface area contributed by atoms with Gasteiger partial charge in [0.05, 0.1) is 15.0 Å². The first-order valence-corrected chi connectivity index (χ1v) is 13.7. The standard InChI is InChI=1S/C24H38O2Si/c1-24(2,3)27(4)17-26-21-13-12-19-15-20(23(25)22(19)16-21)14-18-10-8-6-5-7-9-11-18/h12-13,16,18,20,27H,5-11,14-15,17H2,1-4H3. The monoisotopic (exact) mass is 386 g/mol. The molecule has 1 aromatic carbocycles. The lowest BCUT2D eigenvalue weighted by atomic mass is 9.83. The molecule has 27 heavy (non-hydrogen) atoms. The van der Waals surface area contributed by atoms with E-state index in [-0.39, 0.29) is 5.92 Å². The Morgan fingerprint density at radius 1 is 1.07 bits per heavy atom. The van der Waals surface area contributed by atoms with E-state index in [1.165, 1.54) is 50.5 Å². The minimum atomic E-state index is -0.950. The van der Waals surface area contributed by atoms with Crippen LogP contribution in [0, 0.1) is 11.8 Å². The van der Waals surface area contributed by atoms with Crippen LogP contribution in [0.25, 0.3) is 0 Å². The molecule has 1 aromatic rings. The van der Waals surface area contributed by atoms with E-state index in [0.29, 0.717) is 10.8 Å². The zero-order valence-electron chi connectivity index (χ0n) is 17.9. The molecule has 0 N–H and O–H groups in total. The number of benzene rings is 1. The van der Waals surface area contributed by atoms with Crippen molar-refractivity contribution in [1.29, 1.82) is 0 Å². The van der Waals surface area contributed by atoms with Crippen LogP contribution in [0.5, 0.6) is 5.75 Å². The Morgan fingerprint density at radius 3 is 2.41 bits per heavy atom. The highest BCUT2D eigenvalue weighted by Crippen LogP contribution is 2.36. The lowest BCUT2D eigenvalue weighted by molar-refractivity contribution is 0.0913. The molecule has 2 nitrogen and oxygen atoms in total. The van der Waals surface area contributed by atoms with Crippen molar-refractivity contribution >= 4 is 14.6 Å². The largest absolute Gasteiger partial charge is 0.498 e. The van der Waals surface area contributed by atoms with Gasteiger partial charge < -0.3 is 4.74 Å². The van der Waals surface area contributed by atoms with Gasteiger partial charge in [-0.1, -0.05) is 78.3 Å². The third-order valence-corrected chi connectivity index (χ3v) is 10.6. The minimum absolute atomic E-state index is 0.211. The van der Waals surface area contributed by atoms with Crippen LogP contribution in [0.3, 0.4) is 0 Å². The van der Waals surface area contributed by atoms with Crippen molar-refractivity contribution in [1.82, 2.24) is 0 Å². The fourth-order valence-corrected chi connectivity index (χ4v) is 5.41. The Hall–Kier alpha value is -1.09. The first-order chi connectivity index (χ1) is 12.8. The second-order valence-electron chi connectivity index (χ2n) is 10.1. The van der Waals surface area contributed by atoms with Crippen LogP contribution in [0.1, 0.15) is 88.1 Å². The van der Waals surface area contributed by atoms with Crippen molar-refractivity contribution in [3.63, 3.8) is 0 Å². The molecule has 2 aliphatic rings. The molecule has 0 spiro atoms. The van der Waals surface area contributed by atoms with Crippen LogP contribution in [0.4, 0.5) is 0 Å². The van der Waals surface area contributed by atoms with Crippen LogP contribution in [0.2, 0.25) is 11.6 Å². The number of carbonyl (C=O) groups is 1. The Kier molecular flexibility index (Phi) is 6.83. The number of Topliss-reactive ketones (excluding diaryl/α,β-unsaturated/α-hetero) is 1. The summed E-state index contributed by atoms with van der Waals surface area (Å²) in [6.45, 7) is 9.28. The quantitative estimate of drug-likeness (QED) is 0.550. The average molecular weight is 387 g/mol. The van der Waals surface area contributed by atoms with Gasteiger partial charge in [-0.25, -0.2) is 0 Å². The Morgan fingerprint density at radius 2 is 1.74 bits per heavy atom. The maximum absolute atomic E-state index is 13.0. The Bertz CT molecular complexity index is 638. The summed E-state index contributed by atoms with van der Waals surface area (Å²) in [4.78, 5) is 13.0.